The van der Waals surface area contributed by atoms with Gasteiger partial charge in [-0.15, -0.1) is 9.24 Å². The molecule has 0 N–H and O–H groups in total. The van der Waals surface area contributed by atoms with Crippen molar-refractivity contribution in [1.82, 2.24) is 0 Å². The molecule has 1 unspecified atom stereocenters. The molecule has 11 heavy (non-hydrogen) atoms. The summed E-state index contributed by atoms with van der Waals surface area (Å²) in [5.74, 6) is 0. The summed E-state index contributed by atoms with van der Waals surface area (Å²) < 4.78 is 20.8. The molecule has 1 atom stereocenters. The Labute approximate surface area is 91.8 Å². The monoisotopic (exact) mass is 198 g/mol. The van der Waals surface area contributed by atoms with Crippen LogP contribution in [0.4, 0.5) is 0 Å². The zero-order valence-electron chi connectivity index (χ0n) is 5.15. The summed E-state index contributed by atoms with van der Waals surface area (Å²) in [7, 11) is 0.0159. The van der Waals surface area contributed by atoms with Gasteiger partial charge in [0, 0.05) is 0 Å². The standard InChI is InChI=1S/C6H7O2PS.Na.H/c7-10(8)6-3-1-2-5(9)4-6;;/h1-4,10H,9H2;;. The number of rotatable bonds is 1. The van der Waals surface area contributed by atoms with Crippen molar-refractivity contribution in [3.05, 3.63) is 24.3 Å². The molecular formula is C6H8NaO2PS. The minimum atomic E-state index is -2.43. The first-order chi connectivity index (χ1) is 4.70. The fraction of sp³-hybridized carbons (Fsp3) is 0. The molecule has 0 fully saturated rings. The molecule has 5 heteroatoms. The summed E-state index contributed by atoms with van der Waals surface area (Å²) in [5.41, 5.74) is 0. The first kappa shape index (κ1) is 11.6. The molecule has 2 nitrogen and oxygen atoms in total. The minimum absolute atomic E-state index is 0. The molecule has 0 radical (unpaired) electrons. The summed E-state index contributed by atoms with van der Waals surface area (Å²) in [6.45, 7) is 0. The molecule has 56 valence electrons. The van der Waals surface area contributed by atoms with Gasteiger partial charge in [-0.3, -0.25) is 0 Å². The van der Waals surface area contributed by atoms with Crippen LogP contribution in [0.3, 0.4) is 0 Å². The van der Waals surface area contributed by atoms with E-state index in [0.717, 1.165) is 5.30 Å². The van der Waals surface area contributed by atoms with Gasteiger partial charge in [0.05, 0.1) is 4.90 Å². The first-order valence-electron chi connectivity index (χ1n) is 2.70. The molecule has 0 heterocycles. The van der Waals surface area contributed by atoms with Gasteiger partial charge in [-0.25, -0.2) is 8.42 Å². The maximum atomic E-state index is 10.4. The van der Waals surface area contributed by atoms with Crippen molar-refractivity contribution in [2.24, 2.45) is 0 Å². The van der Waals surface area contributed by atoms with E-state index in [-0.39, 0.29) is 29.6 Å². The molecule has 0 amide bonds. The van der Waals surface area contributed by atoms with E-state index in [2.05, 4.69) is 9.24 Å². The Morgan fingerprint density at radius 3 is 2.27 bits per heavy atom. The predicted molar refractivity (Wildman–Crippen MR) is 51.5 cm³/mol. The van der Waals surface area contributed by atoms with Crippen molar-refractivity contribution >= 4 is 54.8 Å². The number of hydrogen-bond donors (Lipinski definition) is 1. The fourth-order valence-electron chi connectivity index (χ4n) is 0.638. The number of hydrogen-bond acceptors (Lipinski definition) is 2. The van der Waals surface area contributed by atoms with Gasteiger partial charge >= 0.3 is 29.6 Å². The molecule has 0 aromatic heterocycles. The molecule has 0 saturated heterocycles. The van der Waals surface area contributed by atoms with Crippen LogP contribution in [-0.2, 0) is 10.7 Å². The van der Waals surface area contributed by atoms with E-state index in [0.29, 0.717) is 4.90 Å². The van der Waals surface area contributed by atoms with E-state index in [4.69, 9.17) is 0 Å². The Bertz CT molecular complexity index is 303. The van der Waals surface area contributed by atoms with E-state index in [1.807, 2.05) is 6.07 Å². The summed E-state index contributed by atoms with van der Waals surface area (Å²) >= 11 is 0. The van der Waals surface area contributed by atoms with Crippen molar-refractivity contribution in [3.8, 4) is 0 Å². The van der Waals surface area contributed by atoms with E-state index in [1.165, 1.54) is 0 Å². The van der Waals surface area contributed by atoms with Crippen LogP contribution in [0.2, 0.25) is 0 Å². The van der Waals surface area contributed by atoms with E-state index in [9.17, 15) is 8.42 Å². The van der Waals surface area contributed by atoms with Crippen LogP contribution < -0.4 is 5.30 Å². The Morgan fingerprint density at radius 2 is 1.91 bits per heavy atom. The van der Waals surface area contributed by atoms with Gasteiger partial charge in [0.25, 0.3) is 0 Å². The third-order valence-electron chi connectivity index (χ3n) is 1.08. The van der Waals surface area contributed by atoms with Crippen molar-refractivity contribution in [2.75, 3.05) is 0 Å². The van der Waals surface area contributed by atoms with Gasteiger partial charge in [0.2, 0.25) is 0 Å². The number of thiol groups is 1. The molecule has 1 aromatic carbocycles. The predicted octanol–water partition coefficient (Wildman–Crippen LogP) is -0.491. The normalized spacial score (nSPS) is 9.27. The summed E-state index contributed by atoms with van der Waals surface area (Å²) in [4.78, 5) is 0.363. The second-order valence-corrected chi connectivity index (χ2v) is 3.55. The molecule has 0 saturated carbocycles. The third kappa shape index (κ3) is 3.68. The van der Waals surface area contributed by atoms with Crippen LogP contribution in [0.5, 0.6) is 0 Å². The molecule has 0 spiro atoms. The molecule has 1 aromatic rings. The van der Waals surface area contributed by atoms with Crippen LogP contribution in [0, 0.1) is 0 Å². The zero-order chi connectivity index (χ0) is 7.56. The summed E-state index contributed by atoms with van der Waals surface area (Å²) in [5, 5.41) is 0.886. The molecule has 1 rings (SSSR count). The van der Waals surface area contributed by atoms with Gasteiger partial charge in [0.15, 0.2) is 10.7 Å². The molecule has 0 aliphatic carbocycles. The molecule has 0 bridgehead atoms. The van der Waals surface area contributed by atoms with Crippen LogP contribution in [-0.4, -0.2) is 38.0 Å². The first-order valence-corrected chi connectivity index (χ1v) is 4.45. The van der Waals surface area contributed by atoms with Crippen molar-refractivity contribution < 1.29 is 8.42 Å². The van der Waals surface area contributed by atoms with Gasteiger partial charge in [0.1, 0.15) is 0 Å². The maximum absolute atomic E-state index is 10.4. The zero-order valence-corrected chi connectivity index (χ0v) is 7.20. The van der Waals surface area contributed by atoms with Crippen LogP contribution in [0.15, 0.2) is 29.2 Å². The Balaban J connectivity index is 0.000001000. The average Bonchev–Trinajstić information content (AvgIpc) is 1.88. The van der Waals surface area contributed by atoms with Gasteiger partial charge in [-0.2, -0.15) is 0 Å². The Morgan fingerprint density at radius 1 is 1.27 bits per heavy atom. The van der Waals surface area contributed by atoms with Crippen LogP contribution in [0.25, 0.3) is 0 Å². The van der Waals surface area contributed by atoms with E-state index in [1.54, 1.807) is 18.2 Å². The summed E-state index contributed by atoms with van der Waals surface area (Å²) in [6.07, 6.45) is 0. The molecule has 0 aliphatic heterocycles. The fourth-order valence-corrected chi connectivity index (χ4v) is 1.53. The van der Waals surface area contributed by atoms with Crippen LogP contribution in [0.1, 0.15) is 0 Å². The van der Waals surface area contributed by atoms with Gasteiger partial charge in [-0.1, -0.05) is 12.1 Å². The number of benzene rings is 1. The van der Waals surface area contributed by atoms with Gasteiger partial charge in [-0.05, 0) is 17.4 Å². The molecular weight excluding hydrogens is 190 g/mol. The summed E-state index contributed by atoms with van der Waals surface area (Å²) in [6, 6.07) is 6.71. The van der Waals surface area contributed by atoms with Crippen molar-refractivity contribution in [3.63, 3.8) is 0 Å². The molecule has 0 aliphatic rings. The van der Waals surface area contributed by atoms with Crippen molar-refractivity contribution in [1.29, 1.82) is 0 Å². The van der Waals surface area contributed by atoms with Gasteiger partial charge < -0.3 is 0 Å². The topological polar surface area (TPSA) is 34.1 Å². The van der Waals surface area contributed by atoms with E-state index < -0.39 is 10.7 Å². The van der Waals surface area contributed by atoms with Crippen LogP contribution >= 0.6 is 9.24 Å². The van der Waals surface area contributed by atoms with E-state index >= 15 is 0 Å². The second-order valence-electron chi connectivity index (χ2n) is 1.85. The second kappa shape index (κ2) is 5.28. The SMILES string of the molecule is O=[SH](=O)c1cccc(P)c1.[NaH]. The quantitative estimate of drug-likeness (QED) is 0.375. The third-order valence-corrected chi connectivity index (χ3v) is 2.14. The Hall–Kier alpha value is 0.600. The van der Waals surface area contributed by atoms with Crippen molar-refractivity contribution in [2.45, 2.75) is 4.90 Å². The average molecular weight is 198 g/mol. The Kier molecular flexibility index (Phi) is 5.57.